The van der Waals surface area contributed by atoms with E-state index in [-0.39, 0.29) is 11.6 Å². The van der Waals surface area contributed by atoms with Gasteiger partial charge in [-0.2, -0.15) is 4.98 Å². The Hall–Kier alpha value is -3.50. The van der Waals surface area contributed by atoms with E-state index in [1.165, 1.54) is 19.2 Å². The first-order chi connectivity index (χ1) is 16.9. The first-order valence-electron chi connectivity index (χ1n) is 11.3. The second-order valence-electron chi connectivity index (χ2n) is 7.95. The molecule has 2 N–H and O–H groups in total. The maximum atomic E-state index is 13.4. The molecular formula is C25H27FN4O4S. The van der Waals surface area contributed by atoms with Crippen molar-refractivity contribution in [2.24, 2.45) is 0 Å². The predicted octanol–water partition coefficient (Wildman–Crippen LogP) is 4.68. The molecule has 2 heterocycles. The lowest BCUT2D eigenvalue weighted by Crippen LogP contribution is -2.46. The lowest BCUT2D eigenvalue weighted by molar-refractivity contribution is 0.141. The van der Waals surface area contributed by atoms with Crippen LogP contribution in [0.3, 0.4) is 0 Å². The Morgan fingerprint density at radius 3 is 2.69 bits per heavy atom. The summed E-state index contributed by atoms with van der Waals surface area (Å²) in [6.07, 6.45) is 0.777. The fourth-order valence-electron chi connectivity index (χ4n) is 3.98. The molecule has 0 bridgehead atoms. The summed E-state index contributed by atoms with van der Waals surface area (Å²) in [6.45, 7) is 5.81. The second kappa shape index (κ2) is 10.8. The molecule has 0 spiro atoms. The highest BCUT2D eigenvalue weighted by Crippen LogP contribution is 2.39. The molecule has 0 fully saturated rings. The standard InChI is InChI=1S/C25H27FN4O4S/c1-4-33-13-5-12-30-15(2)21(24-28-23(29-34-24)16-6-9-18(26)10-7-16)22(27-25(30)35)17-8-11-20(32-3)19(31)14-17/h6-11,14,22,31H,4-5,12-13H2,1-3H3,(H,27,35). The molecule has 0 radical (unpaired) electrons. The van der Waals surface area contributed by atoms with Gasteiger partial charge < -0.3 is 29.3 Å². The minimum atomic E-state index is -0.455. The van der Waals surface area contributed by atoms with Gasteiger partial charge in [0.15, 0.2) is 16.6 Å². The van der Waals surface area contributed by atoms with Crippen LogP contribution >= 0.6 is 12.2 Å². The Balaban J connectivity index is 1.75. The topological polar surface area (TPSA) is 92.9 Å². The highest BCUT2D eigenvalue weighted by atomic mass is 32.1. The molecular weight excluding hydrogens is 471 g/mol. The van der Waals surface area contributed by atoms with E-state index >= 15 is 0 Å². The minimum Gasteiger partial charge on any atom is -0.504 e. The highest BCUT2D eigenvalue weighted by molar-refractivity contribution is 7.80. The number of aromatic nitrogens is 2. The van der Waals surface area contributed by atoms with Gasteiger partial charge in [0.05, 0.1) is 18.7 Å². The Bertz CT molecular complexity index is 1230. The number of thiocarbonyl (C=S) groups is 1. The molecule has 184 valence electrons. The van der Waals surface area contributed by atoms with E-state index in [0.717, 1.165) is 23.3 Å². The average Bonchev–Trinajstić information content (AvgIpc) is 3.33. The number of allylic oxidation sites excluding steroid dienone is 1. The summed E-state index contributed by atoms with van der Waals surface area (Å²) in [7, 11) is 1.49. The number of nitrogens with one attached hydrogen (secondary N) is 1. The van der Waals surface area contributed by atoms with Gasteiger partial charge in [0, 0.05) is 31.0 Å². The van der Waals surface area contributed by atoms with Gasteiger partial charge in [-0.3, -0.25) is 0 Å². The molecule has 0 amide bonds. The predicted molar refractivity (Wildman–Crippen MR) is 133 cm³/mol. The summed E-state index contributed by atoms with van der Waals surface area (Å²) in [5, 5.41) is 18.4. The molecule has 1 atom stereocenters. The number of benzene rings is 2. The highest BCUT2D eigenvalue weighted by Gasteiger charge is 2.34. The molecule has 2 aromatic carbocycles. The molecule has 0 saturated carbocycles. The minimum absolute atomic E-state index is 0.00592. The smallest absolute Gasteiger partial charge is 0.258 e. The quantitative estimate of drug-likeness (QED) is 0.322. The zero-order chi connectivity index (χ0) is 24.9. The number of methoxy groups -OCH3 is 1. The van der Waals surface area contributed by atoms with Crippen molar-refractivity contribution in [3.63, 3.8) is 0 Å². The van der Waals surface area contributed by atoms with Crippen molar-refractivity contribution in [3.8, 4) is 22.9 Å². The van der Waals surface area contributed by atoms with Gasteiger partial charge in [0.25, 0.3) is 5.89 Å². The maximum absolute atomic E-state index is 13.4. The largest absolute Gasteiger partial charge is 0.504 e. The third kappa shape index (κ3) is 5.28. The molecule has 35 heavy (non-hydrogen) atoms. The molecule has 4 rings (SSSR count). The summed E-state index contributed by atoms with van der Waals surface area (Å²) in [6, 6.07) is 10.6. The Morgan fingerprint density at radius 1 is 1.23 bits per heavy atom. The number of hydrogen-bond acceptors (Lipinski definition) is 7. The number of phenolic OH excluding ortho intramolecular Hbond substituents is 1. The molecule has 1 unspecified atom stereocenters. The molecule has 1 aromatic heterocycles. The fourth-order valence-corrected chi connectivity index (χ4v) is 4.33. The zero-order valence-corrected chi connectivity index (χ0v) is 20.6. The Kier molecular flexibility index (Phi) is 7.62. The van der Waals surface area contributed by atoms with Crippen LogP contribution in [0.1, 0.15) is 37.8 Å². The monoisotopic (exact) mass is 498 g/mol. The van der Waals surface area contributed by atoms with Gasteiger partial charge in [-0.1, -0.05) is 11.2 Å². The normalized spacial score (nSPS) is 15.9. The SMILES string of the molecule is CCOCCCN1C(=S)NC(c2ccc(OC)c(O)c2)C(c2nc(-c3ccc(F)cc3)no2)=C1C. The van der Waals surface area contributed by atoms with Crippen molar-refractivity contribution in [3.05, 3.63) is 65.4 Å². The van der Waals surface area contributed by atoms with Crippen molar-refractivity contribution >= 4 is 22.9 Å². The van der Waals surface area contributed by atoms with Gasteiger partial charge in [-0.15, -0.1) is 0 Å². The number of hydrogen-bond donors (Lipinski definition) is 2. The summed E-state index contributed by atoms with van der Waals surface area (Å²) in [5.74, 6) is 0.664. The summed E-state index contributed by atoms with van der Waals surface area (Å²) in [4.78, 5) is 6.58. The molecule has 8 nitrogen and oxygen atoms in total. The number of halogens is 1. The van der Waals surface area contributed by atoms with Crippen LogP contribution in [0.2, 0.25) is 0 Å². The summed E-state index contributed by atoms with van der Waals surface area (Å²) in [5.41, 5.74) is 2.95. The van der Waals surface area contributed by atoms with E-state index in [4.69, 9.17) is 26.2 Å². The van der Waals surface area contributed by atoms with Gasteiger partial charge in [-0.25, -0.2) is 4.39 Å². The lowest BCUT2D eigenvalue weighted by Gasteiger charge is -2.37. The molecule has 1 aliphatic heterocycles. The Morgan fingerprint density at radius 2 is 2.00 bits per heavy atom. The van der Waals surface area contributed by atoms with Crippen LogP contribution in [0.5, 0.6) is 11.5 Å². The van der Waals surface area contributed by atoms with Gasteiger partial charge in [0.2, 0.25) is 5.82 Å². The van der Waals surface area contributed by atoms with Crippen LogP contribution in [0.25, 0.3) is 17.0 Å². The first kappa shape index (κ1) is 24.6. The second-order valence-corrected chi connectivity index (χ2v) is 8.33. The lowest BCUT2D eigenvalue weighted by atomic mass is 9.94. The molecule has 3 aromatic rings. The third-order valence-corrected chi connectivity index (χ3v) is 6.10. The van der Waals surface area contributed by atoms with Gasteiger partial charge in [0.1, 0.15) is 5.82 Å². The third-order valence-electron chi connectivity index (χ3n) is 5.77. The van der Waals surface area contributed by atoms with Crippen molar-refractivity contribution in [2.45, 2.75) is 26.3 Å². The zero-order valence-electron chi connectivity index (χ0n) is 19.7. The Labute approximate surface area is 208 Å². The maximum Gasteiger partial charge on any atom is 0.258 e. The van der Waals surface area contributed by atoms with Gasteiger partial charge in [-0.05, 0) is 74.4 Å². The van der Waals surface area contributed by atoms with E-state index in [2.05, 4.69) is 15.5 Å². The van der Waals surface area contributed by atoms with Gasteiger partial charge >= 0.3 is 0 Å². The van der Waals surface area contributed by atoms with E-state index in [1.54, 1.807) is 24.3 Å². The summed E-state index contributed by atoms with van der Waals surface area (Å²) >= 11 is 5.69. The fraction of sp³-hybridized carbons (Fsp3) is 0.320. The van der Waals surface area contributed by atoms with Crippen molar-refractivity contribution < 1.29 is 23.5 Å². The first-order valence-corrected chi connectivity index (χ1v) is 11.7. The van der Waals surface area contributed by atoms with E-state index in [0.29, 0.717) is 47.9 Å². The van der Waals surface area contributed by atoms with Crippen molar-refractivity contribution in [2.75, 3.05) is 26.9 Å². The number of aromatic hydroxyl groups is 1. The van der Waals surface area contributed by atoms with Crippen LogP contribution in [0, 0.1) is 5.82 Å². The van der Waals surface area contributed by atoms with Crippen molar-refractivity contribution in [1.29, 1.82) is 0 Å². The van der Waals surface area contributed by atoms with Crippen LogP contribution in [0.4, 0.5) is 4.39 Å². The molecule has 10 heteroatoms. The van der Waals surface area contributed by atoms with E-state index in [1.807, 2.05) is 24.8 Å². The average molecular weight is 499 g/mol. The van der Waals surface area contributed by atoms with Crippen LogP contribution in [-0.2, 0) is 4.74 Å². The van der Waals surface area contributed by atoms with Crippen LogP contribution < -0.4 is 10.1 Å². The van der Waals surface area contributed by atoms with E-state index in [9.17, 15) is 9.50 Å². The molecule has 0 aliphatic carbocycles. The summed E-state index contributed by atoms with van der Waals surface area (Å²) < 4.78 is 29.7. The number of nitrogens with zero attached hydrogens (tertiary/aromatic N) is 3. The van der Waals surface area contributed by atoms with Crippen LogP contribution in [0.15, 0.2) is 52.7 Å². The molecule has 0 saturated heterocycles. The number of ether oxygens (including phenoxy) is 2. The number of rotatable bonds is 9. The van der Waals surface area contributed by atoms with Crippen molar-refractivity contribution in [1.82, 2.24) is 20.4 Å². The van der Waals surface area contributed by atoms with Crippen LogP contribution in [-0.4, -0.2) is 52.1 Å². The van der Waals surface area contributed by atoms with E-state index < -0.39 is 6.04 Å². The number of phenols is 1. The molecule has 1 aliphatic rings.